The normalized spacial score (nSPS) is 16.4. The largest absolute Gasteiger partial charge is 0.279 e. The Morgan fingerprint density at radius 2 is 2.12 bits per heavy atom. The monoisotopic (exact) mass is 256 g/mol. The molecule has 0 amide bonds. The second-order valence-electron chi connectivity index (χ2n) is 4.32. The van der Waals surface area contributed by atoms with Gasteiger partial charge in [0.15, 0.2) is 0 Å². The molecule has 1 aliphatic carbocycles. The van der Waals surface area contributed by atoms with E-state index in [1.165, 1.54) is 33.3 Å². The lowest BCUT2D eigenvalue weighted by molar-refractivity contribution is 0.504. The van der Waals surface area contributed by atoms with Crippen molar-refractivity contribution in [1.82, 2.24) is 19.0 Å². The third-order valence-corrected chi connectivity index (χ3v) is 4.13. The maximum Gasteiger partial charge on any atom is 0.279 e. The predicted octanol–water partition coefficient (Wildman–Crippen LogP) is 0.250. The minimum Gasteiger partial charge on any atom is -0.241 e. The van der Waals surface area contributed by atoms with Gasteiger partial charge in [-0.15, -0.1) is 0 Å². The van der Waals surface area contributed by atoms with Crippen LogP contribution in [0.2, 0.25) is 0 Å². The van der Waals surface area contributed by atoms with Gasteiger partial charge in [-0.05, 0) is 18.9 Å². The van der Waals surface area contributed by atoms with Crippen LogP contribution in [0.3, 0.4) is 0 Å². The van der Waals surface area contributed by atoms with Gasteiger partial charge in [0.2, 0.25) is 0 Å². The first-order valence-electron chi connectivity index (χ1n) is 5.47. The Labute approximate surface area is 101 Å². The second-order valence-corrected chi connectivity index (χ2v) is 6.29. The molecule has 0 aromatic carbocycles. The summed E-state index contributed by atoms with van der Waals surface area (Å²) in [7, 11) is -0.423. The van der Waals surface area contributed by atoms with Gasteiger partial charge < -0.3 is 0 Å². The smallest absolute Gasteiger partial charge is 0.241 e. The van der Waals surface area contributed by atoms with Gasteiger partial charge in [-0.3, -0.25) is 0 Å². The Morgan fingerprint density at radius 3 is 2.71 bits per heavy atom. The van der Waals surface area contributed by atoms with E-state index in [0.717, 1.165) is 10.00 Å². The lowest BCUT2D eigenvalue weighted by atomic mass is 10.2. The van der Waals surface area contributed by atoms with Gasteiger partial charge in [0, 0.05) is 25.7 Å². The van der Waals surface area contributed by atoms with Crippen molar-refractivity contribution in [3.05, 3.63) is 23.8 Å². The highest BCUT2D eigenvalue weighted by Crippen LogP contribution is 2.38. The first-order valence-corrected chi connectivity index (χ1v) is 6.91. The van der Waals surface area contributed by atoms with Crippen molar-refractivity contribution >= 4 is 10.2 Å². The van der Waals surface area contributed by atoms with E-state index in [4.69, 9.17) is 0 Å². The average molecular weight is 256 g/mol. The van der Waals surface area contributed by atoms with Crippen LogP contribution in [0.5, 0.6) is 0 Å². The van der Waals surface area contributed by atoms with Gasteiger partial charge in [-0.2, -0.15) is 17.4 Å². The van der Waals surface area contributed by atoms with Crippen LogP contribution in [0.25, 0.3) is 0 Å². The summed E-state index contributed by atoms with van der Waals surface area (Å²) in [6.45, 7) is 0.197. The lowest BCUT2D eigenvalue weighted by Crippen LogP contribution is -2.35. The molecule has 0 saturated heterocycles. The van der Waals surface area contributed by atoms with Gasteiger partial charge in [0.25, 0.3) is 10.2 Å². The molecule has 94 valence electrons. The zero-order chi connectivity index (χ0) is 12.5. The quantitative estimate of drug-likeness (QED) is 0.819. The van der Waals surface area contributed by atoms with E-state index in [-0.39, 0.29) is 6.54 Å². The number of rotatable bonds is 5. The van der Waals surface area contributed by atoms with Crippen molar-refractivity contribution in [3.8, 4) is 0 Å². The first kappa shape index (κ1) is 12.4. The summed E-state index contributed by atoms with van der Waals surface area (Å²) in [6.07, 6.45) is 3.83. The maximum absolute atomic E-state index is 11.5. The lowest BCUT2D eigenvalue weighted by Gasteiger charge is -2.12. The topological polar surface area (TPSA) is 75.2 Å². The molecule has 1 aliphatic rings. The van der Waals surface area contributed by atoms with E-state index < -0.39 is 10.2 Å². The van der Waals surface area contributed by atoms with Gasteiger partial charge in [0.05, 0.1) is 12.2 Å². The summed E-state index contributed by atoms with van der Waals surface area (Å²) in [4.78, 5) is 8.24. The van der Waals surface area contributed by atoms with Crippen molar-refractivity contribution in [1.29, 1.82) is 0 Å². The number of nitrogens with zero attached hydrogens (tertiary/aromatic N) is 3. The molecule has 1 heterocycles. The van der Waals surface area contributed by atoms with Gasteiger partial charge in [-0.1, -0.05) is 0 Å². The summed E-state index contributed by atoms with van der Waals surface area (Å²) in [5, 5.41) is 0. The molecule has 17 heavy (non-hydrogen) atoms. The molecule has 0 atom stereocenters. The Morgan fingerprint density at radius 1 is 1.41 bits per heavy atom. The minimum atomic E-state index is -3.39. The third kappa shape index (κ3) is 3.21. The van der Waals surface area contributed by atoms with Crippen LogP contribution >= 0.6 is 0 Å². The highest BCUT2D eigenvalue weighted by atomic mass is 32.2. The zero-order valence-corrected chi connectivity index (χ0v) is 10.7. The number of aromatic nitrogens is 2. The summed E-state index contributed by atoms with van der Waals surface area (Å²) in [6, 6.07) is 1.87. The first-order chi connectivity index (χ1) is 7.99. The van der Waals surface area contributed by atoms with E-state index in [1.807, 2.05) is 6.07 Å². The summed E-state index contributed by atoms with van der Waals surface area (Å²) >= 11 is 0. The van der Waals surface area contributed by atoms with Crippen molar-refractivity contribution in [2.45, 2.75) is 25.3 Å². The van der Waals surface area contributed by atoms with Crippen LogP contribution in [-0.2, 0) is 16.8 Å². The van der Waals surface area contributed by atoms with Crippen LogP contribution in [-0.4, -0.2) is 36.8 Å². The van der Waals surface area contributed by atoms with Gasteiger partial charge >= 0.3 is 0 Å². The highest BCUT2D eigenvalue weighted by Gasteiger charge is 2.25. The summed E-state index contributed by atoms with van der Waals surface area (Å²) in [5.74, 6) is 0.544. The fourth-order valence-corrected chi connectivity index (χ4v) is 2.00. The number of hydrogen-bond acceptors (Lipinski definition) is 4. The van der Waals surface area contributed by atoms with E-state index in [0.29, 0.717) is 11.6 Å². The molecule has 0 unspecified atom stereocenters. The molecule has 1 N–H and O–H groups in total. The van der Waals surface area contributed by atoms with E-state index in [2.05, 4.69) is 14.7 Å². The number of hydrogen-bond donors (Lipinski definition) is 1. The van der Waals surface area contributed by atoms with E-state index in [1.54, 1.807) is 0 Å². The molecule has 2 rings (SSSR count). The average Bonchev–Trinajstić information content (AvgIpc) is 3.10. The Kier molecular flexibility index (Phi) is 3.41. The van der Waals surface area contributed by atoms with Gasteiger partial charge in [-0.25, -0.2) is 9.97 Å². The molecule has 6 nitrogen and oxygen atoms in total. The van der Waals surface area contributed by atoms with Crippen LogP contribution in [0, 0.1) is 0 Å². The molecule has 1 saturated carbocycles. The Hall–Kier alpha value is -1.05. The van der Waals surface area contributed by atoms with Crippen molar-refractivity contribution in [2.24, 2.45) is 0 Å². The third-order valence-electron chi connectivity index (χ3n) is 2.66. The predicted molar refractivity (Wildman–Crippen MR) is 63.5 cm³/mol. The van der Waals surface area contributed by atoms with Crippen LogP contribution in [0.1, 0.15) is 30.1 Å². The van der Waals surface area contributed by atoms with Crippen molar-refractivity contribution < 1.29 is 8.42 Å². The van der Waals surface area contributed by atoms with Crippen molar-refractivity contribution in [2.75, 3.05) is 14.1 Å². The standard InChI is InChI=1S/C10H16N4O2S/c1-14(2)17(15,16)13-6-9-5-10(8-3-4-8)12-7-11-9/h5,7-8,13H,3-4,6H2,1-2H3. The van der Waals surface area contributed by atoms with E-state index in [9.17, 15) is 8.42 Å². The number of nitrogens with one attached hydrogen (secondary N) is 1. The van der Waals surface area contributed by atoms with Crippen LogP contribution < -0.4 is 4.72 Å². The molecule has 0 radical (unpaired) electrons. The molecule has 7 heteroatoms. The maximum atomic E-state index is 11.5. The fourth-order valence-electron chi connectivity index (χ4n) is 1.41. The molecule has 1 aromatic heterocycles. The molecule has 1 aromatic rings. The Bertz CT molecular complexity index is 497. The fraction of sp³-hybridized carbons (Fsp3) is 0.600. The summed E-state index contributed by atoms with van der Waals surface area (Å²) < 4.78 is 26.6. The zero-order valence-electron chi connectivity index (χ0n) is 9.92. The molecular formula is C10H16N4O2S. The molecule has 0 bridgehead atoms. The van der Waals surface area contributed by atoms with Gasteiger partial charge in [0.1, 0.15) is 6.33 Å². The highest BCUT2D eigenvalue weighted by molar-refractivity contribution is 7.87. The second kappa shape index (κ2) is 4.67. The van der Waals surface area contributed by atoms with Crippen LogP contribution in [0.4, 0.5) is 0 Å². The molecule has 0 aliphatic heterocycles. The molecular weight excluding hydrogens is 240 g/mol. The molecule has 1 fully saturated rings. The Balaban J connectivity index is 2.01. The minimum absolute atomic E-state index is 0.197. The summed E-state index contributed by atoms with van der Waals surface area (Å²) in [5.41, 5.74) is 1.71. The van der Waals surface area contributed by atoms with E-state index >= 15 is 0 Å². The van der Waals surface area contributed by atoms with Crippen LogP contribution in [0.15, 0.2) is 12.4 Å². The SMILES string of the molecule is CN(C)S(=O)(=O)NCc1cc(C2CC2)ncn1. The molecule has 0 spiro atoms. The van der Waals surface area contributed by atoms with Crippen molar-refractivity contribution in [3.63, 3.8) is 0 Å².